The van der Waals surface area contributed by atoms with Gasteiger partial charge in [0.2, 0.25) is 11.8 Å². The zero-order chi connectivity index (χ0) is 18.9. The quantitative estimate of drug-likeness (QED) is 0.812. The summed E-state index contributed by atoms with van der Waals surface area (Å²) < 4.78 is 5.59. The van der Waals surface area contributed by atoms with Crippen LogP contribution in [0.3, 0.4) is 0 Å². The van der Waals surface area contributed by atoms with Gasteiger partial charge in [-0.25, -0.2) is 0 Å². The zero-order valence-corrected chi connectivity index (χ0v) is 14.3. The summed E-state index contributed by atoms with van der Waals surface area (Å²) in [5.41, 5.74) is 12.3. The predicted molar refractivity (Wildman–Crippen MR) is 93.9 cm³/mol. The number of ketones is 1. The van der Waals surface area contributed by atoms with E-state index in [1.165, 1.54) is 4.90 Å². The van der Waals surface area contributed by atoms with E-state index in [1.54, 1.807) is 12.1 Å². The van der Waals surface area contributed by atoms with E-state index in [-0.39, 0.29) is 18.3 Å². The van der Waals surface area contributed by atoms with E-state index in [0.717, 1.165) is 0 Å². The molecule has 0 radical (unpaired) electrons. The average molecular weight is 364 g/mol. The number of hydrogen-bond acceptors (Lipinski definition) is 6. The van der Waals surface area contributed by atoms with Gasteiger partial charge >= 0.3 is 0 Å². The molecule has 2 aliphatic carbocycles. The molecular weight excluding hydrogens is 348 g/mol. The summed E-state index contributed by atoms with van der Waals surface area (Å²) in [5.74, 6) is -0.777. The fourth-order valence-electron chi connectivity index (χ4n) is 4.66. The number of aromatic nitrogens is 1. The maximum Gasteiger partial charge on any atom is 0.292 e. The van der Waals surface area contributed by atoms with E-state index in [9.17, 15) is 14.4 Å². The smallest absolute Gasteiger partial charge is 0.292 e. The Labute approximate surface area is 153 Å². The van der Waals surface area contributed by atoms with Crippen molar-refractivity contribution in [1.82, 2.24) is 9.88 Å². The molecule has 0 fully saturated rings. The van der Waals surface area contributed by atoms with Crippen molar-refractivity contribution in [2.75, 3.05) is 12.3 Å². The molecule has 136 valence electrons. The molecule has 3 aliphatic rings. The highest BCUT2D eigenvalue weighted by atomic mass is 16.4. The van der Waals surface area contributed by atoms with Crippen LogP contribution in [0.15, 0.2) is 40.0 Å². The number of anilines is 1. The second-order valence-corrected chi connectivity index (χ2v) is 6.98. The van der Waals surface area contributed by atoms with Gasteiger partial charge in [0.1, 0.15) is 12.2 Å². The van der Waals surface area contributed by atoms with Gasteiger partial charge in [0.05, 0.1) is 0 Å². The number of allylic oxidation sites excluding steroid dienone is 1. The minimum atomic E-state index is -1.42. The fourth-order valence-corrected chi connectivity index (χ4v) is 4.66. The topological polar surface area (TPSA) is 133 Å². The van der Waals surface area contributed by atoms with Crippen molar-refractivity contribution in [2.45, 2.75) is 24.7 Å². The van der Waals surface area contributed by atoms with E-state index in [1.807, 2.05) is 12.1 Å². The van der Waals surface area contributed by atoms with Crippen molar-refractivity contribution in [3.63, 3.8) is 0 Å². The molecule has 27 heavy (non-hydrogen) atoms. The lowest BCUT2D eigenvalue weighted by atomic mass is 9.71. The normalized spacial score (nSPS) is 23.0. The number of nitrogens with zero attached hydrogens (tertiary/aromatic N) is 2. The molecule has 1 spiro atoms. The summed E-state index contributed by atoms with van der Waals surface area (Å²) in [4.78, 5) is 44.0. The van der Waals surface area contributed by atoms with Gasteiger partial charge in [-0.05, 0) is 18.4 Å². The molecule has 2 aromatic rings. The summed E-state index contributed by atoms with van der Waals surface area (Å²) in [6, 6.07) is 7.15. The largest absolute Gasteiger partial charge is 0.423 e. The van der Waals surface area contributed by atoms with Crippen LogP contribution in [0.2, 0.25) is 0 Å². The molecule has 2 heterocycles. The minimum absolute atomic E-state index is 0.0690. The number of rotatable bonds is 2. The first-order chi connectivity index (χ1) is 13.0. The summed E-state index contributed by atoms with van der Waals surface area (Å²) in [6.45, 7) is -0.280. The molecule has 0 bridgehead atoms. The number of carbonyl (C=O) groups excluding carboxylic acids is 3. The van der Waals surface area contributed by atoms with Crippen molar-refractivity contribution >= 4 is 23.6 Å². The van der Waals surface area contributed by atoms with E-state index in [2.05, 4.69) is 4.98 Å². The SMILES string of the molecule is NC(=O)CN1C(=O)C2(C3=C1CCCC3=O)c1ccccc1-c1oc(N)nc12. The molecular formula is C19H16N4O4. The van der Waals surface area contributed by atoms with E-state index in [4.69, 9.17) is 15.9 Å². The van der Waals surface area contributed by atoms with Gasteiger partial charge in [-0.3, -0.25) is 14.4 Å². The number of carbonyl (C=O) groups is 3. The minimum Gasteiger partial charge on any atom is -0.423 e. The van der Waals surface area contributed by atoms with Crippen LogP contribution < -0.4 is 11.5 Å². The predicted octanol–water partition coefficient (Wildman–Crippen LogP) is 0.858. The standard InChI is InChI=1S/C19H16N4O4/c20-13(25)8-23-11-6-3-7-12(24)14(11)19(17(23)26)10-5-2-1-4-9(10)15-16(19)22-18(21)27-15/h1-2,4-5H,3,6-8H2,(H2,20,25)(H2,21,22). The number of nitrogens with two attached hydrogens (primary N) is 2. The van der Waals surface area contributed by atoms with Crippen LogP contribution in [0, 0.1) is 0 Å². The van der Waals surface area contributed by atoms with Crippen LogP contribution in [0.5, 0.6) is 0 Å². The van der Waals surface area contributed by atoms with Crippen molar-refractivity contribution in [3.05, 3.63) is 46.8 Å². The van der Waals surface area contributed by atoms with Crippen molar-refractivity contribution in [3.8, 4) is 11.3 Å². The van der Waals surface area contributed by atoms with Crippen molar-refractivity contribution < 1.29 is 18.8 Å². The monoisotopic (exact) mass is 364 g/mol. The second-order valence-electron chi connectivity index (χ2n) is 6.98. The molecule has 1 aromatic carbocycles. The zero-order valence-electron chi connectivity index (χ0n) is 14.3. The lowest BCUT2D eigenvalue weighted by Gasteiger charge is -2.26. The number of fused-ring (bicyclic) bond motifs is 6. The molecule has 8 heteroatoms. The molecule has 1 atom stereocenters. The second kappa shape index (κ2) is 5.06. The lowest BCUT2D eigenvalue weighted by molar-refractivity contribution is -0.134. The average Bonchev–Trinajstić information content (AvgIpc) is 3.21. The van der Waals surface area contributed by atoms with Crippen LogP contribution in [0.1, 0.15) is 30.5 Å². The summed E-state index contributed by atoms with van der Waals surface area (Å²) in [7, 11) is 0. The first kappa shape index (κ1) is 15.8. The fraction of sp³-hybridized carbons (Fsp3) is 0.263. The van der Waals surface area contributed by atoms with Gasteiger partial charge in [0.25, 0.3) is 6.01 Å². The number of amides is 2. The van der Waals surface area contributed by atoms with Crippen LogP contribution in [0.4, 0.5) is 6.01 Å². The third kappa shape index (κ3) is 1.77. The third-order valence-corrected chi connectivity index (χ3v) is 5.54. The Kier molecular flexibility index (Phi) is 2.96. The molecule has 2 amide bonds. The lowest BCUT2D eigenvalue weighted by Crippen LogP contribution is -2.44. The number of benzene rings is 1. The molecule has 5 rings (SSSR count). The summed E-state index contributed by atoms with van der Waals surface area (Å²) in [5, 5.41) is 0. The molecule has 0 saturated heterocycles. The molecule has 1 unspecified atom stereocenters. The molecule has 1 aliphatic heterocycles. The van der Waals surface area contributed by atoms with Crippen LogP contribution in [-0.2, 0) is 19.8 Å². The molecule has 8 nitrogen and oxygen atoms in total. The van der Waals surface area contributed by atoms with Crippen molar-refractivity contribution in [1.29, 1.82) is 0 Å². The van der Waals surface area contributed by atoms with Gasteiger partial charge in [-0.2, -0.15) is 4.98 Å². The Hall–Kier alpha value is -3.42. The Morgan fingerprint density at radius 3 is 2.81 bits per heavy atom. The number of Topliss-reactive ketones (excluding diaryl/α,β-unsaturated/α-hetero) is 1. The number of primary amides is 1. The number of hydrogen-bond donors (Lipinski definition) is 2. The summed E-state index contributed by atoms with van der Waals surface area (Å²) in [6.07, 6.45) is 1.47. The van der Waals surface area contributed by atoms with Gasteiger partial charge in [-0.15, -0.1) is 0 Å². The Morgan fingerprint density at radius 1 is 1.26 bits per heavy atom. The first-order valence-electron chi connectivity index (χ1n) is 8.70. The first-order valence-corrected chi connectivity index (χ1v) is 8.70. The van der Waals surface area contributed by atoms with E-state index in [0.29, 0.717) is 53.1 Å². The van der Waals surface area contributed by atoms with E-state index < -0.39 is 17.2 Å². The molecule has 0 saturated carbocycles. The van der Waals surface area contributed by atoms with Crippen LogP contribution >= 0.6 is 0 Å². The highest BCUT2D eigenvalue weighted by Crippen LogP contribution is 2.59. The maximum absolute atomic E-state index is 13.7. The number of nitrogen functional groups attached to an aromatic ring is 1. The molecule has 1 aromatic heterocycles. The molecule has 4 N–H and O–H groups in total. The van der Waals surface area contributed by atoms with Gasteiger partial charge in [-0.1, -0.05) is 24.3 Å². The van der Waals surface area contributed by atoms with E-state index >= 15 is 0 Å². The maximum atomic E-state index is 13.7. The highest BCUT2D eigenvalue weighted by Gasteiger charge is 2.63. The van der Waals surface area contributed by atoms with Crippen LogP contribution in [-0.4, -0.2) is 34.0 Å². The highest BCUT2D eigenvalue weighted by molar-refractivity contribution is 6.17. The van der Waals surface area contributed by atoms with Crippen molar-refractivity contribution in [2.24, 2.45) is 5.73 Å². The summed E-state index contributed by atoms with van der Waals surface area (Å²) >= 11 is 0. The van der Waals surface area contributed by atoms with Gasteiger partial charge < -0.3 is 20.8 Å². The van der Waals surface area contributed by atoms with Gasteiger partial charge in [0.15, 0.2) is 17.0 Å². The Morgan fingerprint density at radius 2 is 2.04 bits per heavy atom. The Bertz CT molecular complexity index is 1080. The third-order valence-electron chi connectivity index (χ3n) is 5.54. The van der Waals surface area contributed by atoms with Gasteiger partial charge in [0, 0.05) is 23.3 Å². The van der Waals surface area contributed by atoms with Crippen LogP contribution in [0.25, 0.3) is 11.3 Å². The Balaban J connectivity index is 1.88. The number of oxazole rings is 1.